The largest absolute Gasteiger partial charge is 0.324 e. The molecular formula is C10H12BrN3. The van der Waals surface area contributed by atoms with Crippen LogP contribution < -0.4 is 5.73 Å². The lowest BCUT2D eigenvalue weighted by Crippen LogP contribution is -2.04. The molecule has 2 N–H and O–H groups in total. The molecule has 4 heteroatoms. The highest BCUT2D eigenvalue weighted by molar-refractivity contribution is 9.10. The van der Waals surface area contributed by atoms with Crippen molar-refractivity contribution in [3.63, 3.8) is 0 Å². The monoisotopic (exact) mass is 253 g/mol. The molecule has 74 valence electrons. The number of hydrogen-bond donors (Lipinski definition) is 1. The molecule has 1 atom stereocenters. The van der Waals surface area contributed by atoms with E-state index in [1.807, 2.05) is 36.9 Å². The maximum absolute atomic E-state index is 5.80. The molecule has 0 aliphatic carbocycles. The summed E-state index contributed by atoms with van der Waals surface area (Å²) in [5, 5.41) is 5.49. The molecule has 1 aromatic heterocycles. The molecule has 0 bridgehead atoms. The summed E-state index contributed by atoms with van der Waals surface area (Å²) in [5.74, 6) is 0. The fourth-order valence-corrected chi connectivity index (χ4v) is 1.88. The minimum Gasteiger partial charge on any atom is -0.324 e. The van der Waals surface area contributed by atoms with Crippen molar-refractivity contribution in [1.82, 2.24) is 9.78 Å². The number of hydrogen-bond acceptors (Lipinski definition) is 2. The van der Waals surface area contributed by atoms with Crippen LogP contribution in [0.3, 0.4) is 0 Å². The lowest BCUT2D eigenvalue weighted by molar-refractivity contribution is 0.760. The van der Waals surface area contributed by atoms with Gasteiger partial charge in [-0.25, -0.2) is 0 Å². The van der Waals surface area contributed by atoms with E-state index in [9.17, 15) is 0 Å². The van der Waals surface area contributed by atoms with Crippen molar-refractivity contribution in [3.8, 4) is 0 Å². The molecule has 0 aliphatic heterocycles. The van der Waals surface area contributed by atoms with Crippen molar-refractivity contribution in [2.75, 3.05) is 0 Å². The summed E-state index contributed by atoms with van der Waals surface area (Å²) in [6, 6.07) is 6.18. The van der Waals surface area contributed by atoms with Crippen LogP contribution in [-0.4, -0.2) is 9.78 Å². The van der Waals surface area contributed by atoms with Crippen LogP contribution >= 0.6 is 15.9 Å². The highest BCUT2D eigenvalue weighted by atomic mass is 79.9. The quantitative estimate of drug-likeness (QED) is 0.848. The summed E-state index contributed by atoms with van der Waals surface area (Å²) in [6.07, 6.45) is 0. The van der Waals surface area contributed by atoms with E-state index in [0.717, 1.165) is 21.1 Å². The third-order valence-electron chi connectivity index (χ3n) is 2.31. The van der Waals surface area contributed by atoms with Gasteiger partial charge in [0.1, 0.15) is 4.60 Å². The summed E-state index contributed by atoms with van der Waals surface area (Å²) in [4.78, 5) is 0. The molecule has 2 rings (SSSR count). The Balaban J connectivity index is 2.67. The Bertz CT molecular complexity index is 473. The Morgan fingerprint density at radius 2 is 2.21 bits per heavy atom. The van der Waals surface area contributed by atoms with E-state index in [1.54, 1.807) is 0 Å². The zero-order valence-corrected chi connectivity index (χ0v) is 9.75. The van der Waals surface area contributed by atoms with Gasteiger partial charge in [-0.2, -0.15) is 5.10 Å². The molecule has 1 unspecified atom stereocenters. The number of rotatable bonds is 1. The first-order valence-electron chi connectivity index (χ1n) is 4.47. The third kappa shape index (κ3) is 1.44. The third-order valence-corrected chi connectivity index (χ3v) is 3.25. The van der Waals surface area contributed by atoms with Crippen LogP contribution in [0.2, 0.25) is 0 Å². The number of nitrogens with zero attached hydrogens (tertiary/aromatic N) is 2. The molecule has 0 aliphatic rings. The van der Waals surface area contributed by atoms with Gasteiger partial charge in [0.2, 0.25) is 0 Å². The molecule has 0 fully saturated rings. The fraction of sp³-hybridized carbons (Fsp3) is 0.300. The van der Waals surface area contributed by atoms with Crippen LogP contribution in [0, 0.1) is 0 Å². The van der Waals surface area contributed by atoms with Crippen molar-refractivity contribution >= 4 is 26.8 Å². The first-order valence-corrected chi connectivity index (χ1v) is 5.26. The smallest absolute Gasteiger partial charge is 0.111 e. The van der Waals surface area contributed by atoms with Gasteiger partial charge < -0.3 is 5.73 Å². The number of fused-ring (bicyclic) bond motifs is 1. The van der Waals surface area contributed by atoms with Crippen molar-refractivity contribution < 1.29 is 0 Å². The molecule has 2 aromatic rings. The molecule has 1 heterocycles. The zero-order valence-electron chi connectivity index (χ0n) is 8.16. The van der Waals surface area contributed by atoms with Crippen molar-refractivity contribution in [1.29, 1.82) is 0 Å². The summed E-state index contributed by atoms with van der Waals surface area (Å²) in [7, 11) is 1.91. The summed E-state index contributed by atoms with van der Waals surface area (Å²) < 4.78 is 2.82. The van der Waals surface area contributed by atoms with E-state index >= 15 is 0 Å². The number of benzene rings is 1. The Kier molecular flexibility index (Phi) is 2.33. The Hall–Kier alpha value is -0.870. The lowest BCUT2D eigenvalue weighted by Gasteiger charge is -2.03. The number of halogens is 1. The topological polar surface area (TPSA) is 43.8 Å². The zero-order chi connectivity index (χ0) is 10.3. The Labute approximate surface area is 91.0 Å². The van der Waals surface area contributed by atoms with Crippen molar-refractivity contribution in [2.45, 2.75) is 13.0 Å². The van der Waals surface area contributed by atoms with Gasteiger partial charge >= 0.3 is 0 Å². The molecule has 0 spiro atoms. The summed E-state index contributed by atoms with van der Waals surface area (Å²) >= 11 is 3.48. The fourth-order valence-electron chi connectivity index (χ4n) is 1.47. The summed E-state index contributed by atoms with van der Waals surface area (Å²) in [6.45, 7) is 1.97. The highest BCUT2D eigenvalue weighted by Gasteiger charge is 2.07. The lowest BCUT2D eigenvalue weighted by atomic mass is 10.1. The van der Waals surface area contributed by atoms with Crippen molar-refractivity contribution in [3.05, 3.63) is 28.4 Å². The van der Waals surface area contributed by atoms with Gasteiger partial charge in [0.25, 0.3) is 0 Å². The Morgan fingerprint density at radius 1 is 1.50 bits per heavy atom. The summed E-state index contributed by atoms with van der Waals surface area (Å²) in [5.41, 5.74) is 7.90. The average molecular weight is 254 g/mol. The van der Waals surface area contributed by atoms with Crippen LogP contribution in [0.5, 0.6) is 0 Å². The van der Waals surface area contributed by atoms with E-state index in [0.29, 0.717) is 0 Å². The molecule has 0 amide bonds. The van der Waals surface area contributed by atoms with E-state index < -0.39 is 0 Å². The first kappa shape index (κ1) is 9.68. The van der Waals surface area contributed by atoms with Gasteiger partial charge in [-0.15, -0.1) is 0 Å². The number of aryl methyl sites for hydroxylation is 1. The van der Waals surface area contributed by atoms with Gasteiger partial charge in [0, 0.05) is 18.5 Å². The molecule has 3 nitrogen and oxygen atoms in total. The second-order valence-corrected chi connectivity index (χ2v) is 4.23. The highest BCUT2D eigenvalue weighted by Crippen LogP contribution is 2.25. The predicted molar refractivity (Wildman–Crippen MR) is 61.0 cm³/mol. The first-order chi connectivity index (χ1) is 6.59. The van der Waals surface area contributed by atoms with E-state index in [-0.39, 0.29) is 6.04 Å². The minimum atomic E-state index is 0.0557. The number of aromatic nitrogens is 2. The standard InChI is InChI=1S/C10H12BrN3/c1-6(12)7-3-4-8-9(5-7)13-14(2)10(8)11/h3-6H,12H2,1-2H3. The second kappa shape index (κ2) is 3.37. The van der Waals surface area contributed by atoms with Crippen LogP contribution in [0.1, 0.15) is 18.5 Å². The Morgan fingerprint density at radius 3 is 2.86 bits per heavy atom. The van der Waals surface area contributed by atoms with Crippen LogP contribution in [-0.2, 0) is 7.05 Å². The predicted octanol–water partition coefficient (Wildman–Crippen LogP) is 2.36. The number of nitrogens with two attached hydrogens (primary N) is 1. The average Bonchev–Trinajstić information content (AvgIpc) is 2.42. The van der Waals surface area contributed by atoms with E-state index in [2.05, 4.69) is 21.0 Å². The SMILES string of the molecule is CC(N)c1ccc2c(Br)n(C)nc2c1. The van der Waals surface area contributed by atoms with Crippen molar-refractivity contribution in [2.24, 2.45) is 12.8 Å². The van der Waals surface area contributed by atoms with Gasteiger partial charge in [0.05, 0.1) is 5.52 Å². The van der Waals surface area contributed by atoms with Crippen LogP contribution in [0.25, 0.3) is 10.9 Å². The molecule has 0 saturated heterocycles. The van der Waals surface area contributed by atoms with Gasteiger partial charge in [-0.1, -0.05) is 6.07 Å². The van der Waals surface area contributed by atoms with Crippen LogP contribution in [0.15, 0.2) is 22.8 Å². The maximum Gasteiger partial charge on any atom is 0.111 e. The molecule has 14 heavy (non-hydrogen) atoms. The van der Waals surface area contributed by atoms with Gasteiger partial charge in [-0.3, -0.25) is 4.68 Å². The second-order valence-electron chi connectivity index (χ2n) is 3.48. The van der Waals surface area contributed by atoms with E-state index in [1.165, 1.54) is 0 Å². The minimum absolute atomic E-state index is 0.0557. The normalized spacial score (nSPS) is 13.4. The van der Waals surface area contributed by atoms with E-state index in [4.69, 9.17) is 5.73 Å². The maximum atomic E-state index is 5.80. The molecule has 0 saturated carbocycles. The molecular weight excluding hydrogens is 242 g/mol. The van der Waals surface area contributed by atoms with Gasteiger partial charge in [0.15, 0.2) is 0 Å². The molecule has 0 radical (unpaired) electrons. The molecule has 1 aromatic carbocycles. The van der Waals surface area contributed by atoms with Gasteiger partial charge in [-0.05, 0) is 40.5 Å². The van der Waals surface area contributed by atoms with Crippen LogP contribution in [0.4, 0.5) is 0 Å².